The SMILES string of the molecule is CC1C=C(OC2CCNCC2)C(C#N)=CC1. The maximum absolute atomic E-state index is 9.03. The minimum Gasteiger partial charge on any atom is -0.489 e. The number of rotatable bonds is 2. The van der Waals surface area contributed by atoms with Crippen molar-refractivity contribution in [3.63, 3.8) is 0 Å². The second-order valence-corrected chi connectivity index (χ2v) is 4.54. The van der Waals surface area contributed by atoms with E-state index in [1.54, 1.807) is 0 Å². The van der Waals surface area contributed by atoms with Crippen molar-refractivity contribution in [2.45, 2.75) is 32.3 Å². The van der Waals surface area contributed by atoms with E-state index in [2.05, 4.69) is 24.4 Å². The van der Waals surface area contributed by atoms with E-state index >= 15 is 0 Å². The molecule has 1 aliphatic heterocycles. The van der Waals surface area contributed by atoms with Gasteiger partial charge in [-0.05, 0) is 44.3 Å². The van der Waals surface area contributed by atoms with Gasteiger partial charge in [0.15, 0.2) is 0 Å². The highest BCUT2D eigenvalue weighted by molar-refractivity contribution is 5.40. The number of hydrogen-bond donors (Lipinski definition) is 1. The van der Waals surface area contributed by atoms with E-state index in [-0.39, 0.29) is 6.10 Å². The number of piperidine rings is 1. The average molecular weight is 218 g/mol. The Balaban J connectivity index is 2.01. The number of nitrogens with zero attached hydrogens (tertiary/aromatic N) is 1. The normalized spacial score (nSPS) is 26.6. The van der Waals surface area contributed by atoms with Crippen LogP contribution in [-0.2, 0) is 4.74 Å². The minimum absolute atomic E-state index is 0.273. The van der Waals surface area contributed by atoms with Gasteiger partial charge in [0.1, 0.15) is 17.9 Å². The van der Waals surface area contributed by atoms with Crippen molar-refractivity contribution >= 4 is 0 Å². The van der Waals surface area contributed by atoms with Crippen LogP contribution in [0, 0.1) is 17.2 Å². The molecule has 1 atom stereocenters. The Bertz CT molecular complexity index is 345. The van der Waals surface area contributed by atoms with Crippen molar-refractivity contribution in [3.05, 3.63) is 23.5 Å². The first-order chi connectivity index (χ1) is 7.79. The highest BCUT2D eigenvalue weighted by atomic mass is 16.5. The summed E-state index contributed by atoms with van der Waals surface area (Å²) in [4.78, 5) is 0. The monoisotopic (exact) mass is 218 g/mol. The smallest absolute Gasteiger partial charge is 0.133 e. The van der Waals surface area contributed by atoms with Crippen LogP contribution in [-0.4, -0.2) is 19.2 Å². The number of ether oxygens (including phenoxy) is 1. The summed E-state index contributed by atoms with van der Waals surface area (Å²) >= 11 is 0. The summed E-state index contributed by atoms with van der Waals surface area (Å²) < 4.78 is 5.94. The molecule has 3 heteroatoms. The van der Waals surface area contributed by atoms with Crippen molar-refractivity contribution in [2.24, 2.45) is 5.92 Å². The van der Waals surface area contributed by atoms with Crippen LogP contribution in [0.15, 0.2) is 23.5 Å². The summed E-state index contributed by atoms with van der Waals surface area (Å²) in [6.45, 7) is 4.18. The van der Waals surface area contributed by atoms with Crippen LogP contribution in [0.5, 0.6) is 0 Å². The van der Waals surface area contributed by atoms with Gasteiger partial charge >= 0.3 is 0 Å². The Labute approximate surface area is 96.8 Å². The van der Waals surface area contributed by atoms with Crippen molar-refractivity contribution in [3.8, 4) is 6.07 Å². The summed E-state index contributed by atoms with van der Waals surface area (Å²) in [6, 6.07) is 2.22. The van der Waals surface area contributed by atoms with Gasteiger partial charge in [0.05, 0.1) is 5.57 Å². The van der Waals surface area contributed by atoms with Gasteiger partial charge in [0.2, 0.25) is 0 Å². The molecule has 16 heavy (non-hydrogen) atoms. The summed E-state index contributed by atoms with van der Waals surface area (Å²) in [5.41, 5.74) is 0.705. The Morgan fingerprint density at radius 1 is 1.44 bits per heavy atom. The Hall–Kier alpha value is -1.27. The lowest BCUT2D eigenvalue weighted by Gasteiger charge is -2.26. The van der Waals surface area contributed by atoms with E-state index in [4.69, 9.17) is 10.00 Å². The minimum atomic E-state index is 0.273. The molecular weight excluding hydrogens is 200 g/mol. The van der Waals surface area contributed by atoms with Crippen molar-refractivity contribution in [1.82, 2.24) is 5.32 Å². The maximum atomic E-state index is 9.03. The summed E-state index contributed by atoms with van der Waals surface area (Å²) in [5.74, 6) is 1.28. The predicted molar refractivity (Wildman–Crippen MR) is 62.5 cm³/mol. The van der Waals surface area contributed by atoms with Crippen LogP contribution in [0.1, 0.15) is 26.2 Å². The third kappa shape index (κ3) is 2.65. The standard InChI is InChI=1S/C13H18N2O/c1-10-2-3-11(9-14)13(8-10)16-12-4-6-15-7-5-12/h3,8,10,12,15H,2,4-7H2,1H3. The van der Waals surface area contributed by atoms with Crippen molar-refractivity contribution in [1.29, 1.82) is 5.26 Å². The van der Waals surface area contributed by atoms with Crippen LogP contribution in [0.4, 0.5) is 0 Å². The van der Waals surface area contributed by atoms with Gasteiger partial charge in [0.25, 0.3) is 0 Å². The number of nitriles is 1. The van der Waals surface area contributed by atoms with Gasteiger partial charge in [-0.15, -0.1) is 0 Å². The molecule has 1 heterocycles. The highest BCUT2D eigenvalue weighted by Gasteiger charge is 2.20. The average Bonchev–Trinajstić information content (AvgIpc) is 2.31. The molecule has 1 saturated heterocycles. The van der Waals surface area contributed by atoms with E-state index in [9.17, 15) is 0 Å². The van der Waals surface area contributed by atoms with E-state index in [0.717, 1.165) is 38.1 Å². The fourth-order valence-corrected chi connectivity index (χ4v) is 2.12. The molecule has 1 N–H and O–H groups in total. The lowest BCUT2D eigenvalue weighted by atomic mass is 9.97. The molecule has 1 fully saturated rings. The first-order valence-corrected chi connectivity index (χ1v) is 5.99. The van der Waals surface area contributed by atoms with Gasteiger partial charge in [-0.25, -0.2) is 0 Å². The molecule has 0 spiro atoms. The van der Waals surface area contributed by atoms with Gasteiger partial charge < -0.3 is 10.1 Å². The molecule has 0 aromatic rings. The van der Waals surface area contributed by atoms with Crippen LogP contribution in [0.2, 0.25) is 0 Å². The summed E-state index contributed by atoms with van der Waals surface area (Å²) in [7, 11) is 0. The molecular formula is C13H18N2O. The zero-order chi connectivity index (χ0) is 11.4. The van der Waals surface area contributed by atoms with E-state index in [0.29, 0.717) is 11.5 Å². The number of hydrogen-bond acceptors (Lipinski definition) is 3. The molecule has 0 aromatic carbocycles. The van der Waals surface area contributed by atoms with Crippen molar-refractivity contribution in [2.75, 3.05) is 13.1 Å². The van der Waals surface area contributed by atoms with Crippen LogP contribution in [0.25, 0.3) is 0 Å². The zero-order valence-corrected chi connectivity index (χ0v) is 9.70. The number of nitrogens with one attached hydrogen (secondary N) is 1. The second kappa shape index (κ2) is 5.18. The molecule has 1 unspecified atom stereocenters. The molecule has 3 nitrogen and oxygen atoms in total. The fraction of sp³-hybridized carbons (Fsp3) is 0.615. The Morgan fingerprint density at radius 2 is 2.19 bits per heavy atom. The molecule has 0 amide bonds. The predicted octanol–water partition coefficient (Wildman–Crippen LogP) is 2.13. The topological polar surface area (TPSA) is 45.0 Å². The van der Waals surface area contributed by atoms with E-state index in [1.807, 2.05) is 6.08 Å². The van der Waals surface area contributed by atoms with Gasteiger partial charge in [-0.1, -0.05) is 13.0 Å². The molecule has 86 valence electrons. The lowest BCUT2D eigenvalue weighted by Crippen LogP contribution is -2.32. The Kier molecular flexibility index (Phi) is 3.63. The molecule has 0 radical (unpaired) electrons. The summed E-state index contributed by atoms with van der Waals surface area (Å²) in [6.07, 6.45) is 7.35. The first kappa shape index (κ1) is 11.2. The zero-order valence-electron chi connectivity index (χ0n) is 9.70. The maximum Gasteiger partial charge on any atom is 0.133 e. The molecule has 0 saturated carbocycles. The van der Waals surface area contributed by atoms with Crippen LogP contribution in [0.3, 0.4) is 0 Å². The van der Waals surface area contributed by atoms with E-state index < -0.39 is 0 Å². The molecule has 0 aromatic heterocycles. The van der Waals surface area contributed by atoms with Crippen molar-refractivity contribution < 1.29 is 4.74 Å². The van der Waals surface area contributed by atoms with Crippen LogP contribution < -0.4 is 5.32 Å². The van der Waals surface area contributed by atoms with E-state index in [1.165, 1.54) is 0 Å². The third-order valence-electron chi connectivity index (χ3n) is 3.10. The van der Waals surface area contributed by atoms with Gasteiger partial charge in [-0.3, -0.25) is 0 Å². The van der Waals surface area contributed by atoms with Gasteiger partial charge in [0, 0.05) is 0 Å². The summed E-state index contributed by atoms with van der Waals surface area (Å²) in [5, 5.41) is 12.3. The molecule has 2 aliphatic rings. The third-order valence-corrected chi connectivity index (χ3v) is 3.10. The first-order valence-electron chi connectivity index (χ1n) is 5.99. The fourth-order valence-electron chi connectivity index (χ4n) is 2.12. The molecule has 1 aliphatic carbocycles. The highest BCUT2D eigenvalue weighted by Crippen LogP contribution is 2.25. The number of allylic oxidation sites excluding steroid dienone is 3. The van der Waals surface area contributed by atoms with Gasteiger partial charge in [-0.2, -0.15) is 5.26 Å². The Morgan fingerprint density at radius 3 is 2.88 bits per heavy atom. The second-order valence-electron chi connectivity index (χ2n) is 4.54. The lowest BCUT2D eigenvalue weighted by molar-refractivity contribution is 0.0922. The largest absolute Gasteiger partial charge is 0.489 e. The quantitative estimate of drug-likeness (QED) is 0.772. The molecule has 2 rings (SSSR count). The molecule has 0 bridgehead atoms. The van der Waals surface area contributed by atoms with Crippen LogP contribution >= 0.6 is 0 Å².